The highest BCUT2D eigenvalue weighted by Gasteiger charge is 2.33. The number of anilines is 1. The molecule has 1 fully saturated rings. The number of carbonyl (C=O) groups is 1. The number of thioether (sulfide) groups is 1. The number of benzene rings is 1. The first-order valence-electron chi connectivity index (χ1n) is 4.56. The third kappa shape index (κ3) is 2.58. The zero-order chi connectivity index (χ0) is 10.9. The molecule has 1 amide bonds. The molecule has 15 heavy (non-hydrogen) atoms. The summed E-state index contributed by atoms with van der Waals surface area (Å²) in [6.07, 6.45) is 0. The monoisotopic (exact) mass is 242 g/mol. The Morgan fingerprint density at radius 3 is 2.67 bits per heavy atom. The van der Waals surface area contributed by atoms with Gasteiger partial charge in [0.25, 0.3) is 0 Å². The van der Waals surface area contributed by atoms with Gasteiger partial charge in [-0.25, -0.2) is 0 Å². The van der Waals surface area contributed by atoms with Crippen molar-refractivity contribution < 1.29 is 4.79 Å². The Morgan fingerprint density at radius 2 is 2.13 bits per heavy atom. The summed E-state index contributed by atoms with van der Waals surface area (Å²) in [5, 5.41) is 6.82. The topological polar surface area (TPSA) is 41.1 Å². The summed E-state index contributed by atoms with van der Waals surface area (Å²) in [6, 6.07) is 7.40. The molecule has 2 rings (SSSR count). The van der Waals surface area contributed by atoms with E-state index in [0.29, 0.717) is 10.8 Å². The summed E-state index contributed by atoms with van der Waals surface area (Å²) >= 11 is 7.33. The molecule has 0 aliphatic carbocycles. The summed E-state index contributed by atoms with van der Waals surface area (Å²) < 4.78 is 0. The van der Waals surface area contributed by atoms with Crippen LogP contribution in [0, 0.1) is 0 Å². The van der Waals surface area contributed by atoms with E-state index in [4.69, 9.17) is 11.6 Å². The minimum atomic E-state index is -0.412. The molecule has 1 atom stereocenters. The van der Waals surface area contributed by atoms with Crippen LogP contribution in [0.2, 0.25) is 5.02 Å². The molecule has 3 nitrogen and oxygen atoms in total. The van der Waals surface area contributed by atoms with Gasteiger partial charge in [-0.15, -0.1) is 11.8 Å². The van der Waals surface area contributed by atoms with E-state index in [1.54, 1.807) is 11.8 Å². The van der Waals surface area contributed by atoms with Crippen LogP contribution in [0.1, 0.15) is 6.92 Å². The number of nitrogens with one attached hydrogen (secondary N) is 2. The third-order valence-corrected chi connectivity index (χ3v) is 3.54. The van der Waals surface area contributed by atoms with Crippen LogP contribution in [-0.4, -0.2) is 16.7 Å². The Balaban J connectivity index is 2.08. The predicted octanol–water partition coefficient (Wildman–Crippen LogP) is 2.29. The second kappa shape index (κ2) is 3.94. The van der Waals surface area contributed by atoms with Crippen molar-refractivity contribution in [3.63, 3.8) is 0 Å². The molecular weight excluding hydrogens is 232 g/mol. The van der Waals surface area contributed by atoms with Crippen LogP contribution in [0.5, 0.6) is 0 Å². The molecule has 0 bridgehead atoms. The Hall–Kier alpha value is -0.870. The molecule has 0 saturated carbocycles. The van der Waals surface area contributed by atoms with Crippen molar-refractivity contribution in [2.45, 2.75) is 11.9 Å². The van der Waals surface area contributed by atoms with Crippen LogP contribution >= 0.6 is 23.4 Å². The molecular formula is C10H11ClN2OS. The molecule has 1 aromatic rings. The standard InChI is InChI=1S/C10H11ClN2OS/c1-10(13-9(14)6-15-10)12-8-4-2-7(11)3-5-8/h2-5,12H,6H2,1H3,(H,13,14)/t10-/m1/s1. The van der Waals surface area contributed by atoms with Gasteiger partial charge in [0, 0.05) is 10.7 Å². The van der Waals surface area contributed by atoms with Gasteiger partial charge in [-0.2, -0.15) is 0 Å². The van der Waals surface area contributed by atoms with Gasteiger partial charge in [-0.3, -0.25) is 4.79 Å². The number of amides is 1. The number of hydrogen-bond acceptors (Lipinski definition) is 3. The molecule has 1 aromatic carbocycles. The molecule has 0 spiro atoms. The smallest absolute Gasteiger partial charge is 0.232 e. The number of halogens is 1. The maximum atomic E-state index is 11.1. The van der Waals surface area contributed by atoms with Gasteiger partial charge < -0.3 is 10.6 Å². The van der Waals surface area contributed by atoms with Gasteiger partial charge in [0.15, 0.2) is 4.99 Å². The van der Waals surface area contributed by atoms with Gasteiger partial charge in [-0.1, -0.05) is 11.6 Å². The minimum absolute atomic E-state index is 0.0592. The fourth-order valence-corrected chi connectivity index (χ4v) is 2.42. The minimum Gasteiger partial charge on any atom is -0.354 e. The average Bonchev–Trinajstić information content (AvgIpc) is 2.50. The van der Waals surface area contributed by atoms with Crippen molar-refractivity contribution in [3.05, 3.63) is 29.3 Å². The zero-order valence-corrected chi connectivity index (χ0v) is 9.78. The van der Waals surface area contributed by atoms with Gasteiger partial charge in [0.2, 0.25) is 5.91 Å². The molecule has 0 unspecified atom stereocenters. The van der Waals surface area contributed by atoms with Crippen LogP contribution < -0.4 is 10.6 Å². The van der Waals surface area contributed by atoms with Gasteiger partial charge >= 0.3 is 0 Å². The van der Waals surface area contributed by atoms with Gasteiger partial charge in [0.1, 0.15) is 0 Å². The summed E-state index contributed by atoms with van der Waals surface area (Å²) in [6.45, 7) is 1.94. The van der Waals surface area contributed by atoms with Crippen molar-refractivity contribution in [2.75, 3.05) is 11.1 Å². The molecule has 1 heterocycles. The first-order valence-corrected chi connectivity index (χ1v) is 5.92. The second-order valence-electron chi connectivity index (χ2n) is 3.50. The van der Waals surface area contributed by atoms with E-state index < -0.39 is 4.99 Å². The first kappa shape index (κ1) is 10.6. The Bertz CT molecular complexity index is 382. The van der Waals surface area contributed by atoms with E-state index >= 15 is 0 Å². The normalized spacial score (nSPS) is 25.1. The van der Waals surface area contributed by atoms with Crippen LogP contribution in [-0.2, 0) is 4.79 Å². The Labute approximate surface area is 97.6 Å². The van der Waals surface area contributed by atoms with Crippen molar-refractivity contribution in [2.24, 2.45) is 0 Å². The largest absolute Gasteiger partial charge is 0.354 e. The van der Waals surface area contributed by atoms with Gasteiger partial charge in [-0.05, 0) is 31.2 Å². The van der Waals surface area contributed by atoms with Crippen LogP contribution in [0.25, 0.3) is 0 Å². The Kier molecular flexibility index (Phi) is 2.80. The van der Waals surface area contributed by atoms with Crippen molar-refractivity contribution >= 4 is 35.0 Å². The highest BCUT2D eigenvalue weighted by molar-refractivity contribution is 8.01. The molecule has 2 N–H and O–H groups in total. The quantitative estimate of drug-likeness (QED) is 0.836. The molecule has 80 valence electrons. The highest BCUT2D eigenvalue weighted by atomic mass is 35.5. The second-order valence-corrected chi connectivity index (χ2v) is 5.33. The average molecular weight is 243 g/mol. The van der Waals surface area contributed by atoms with Crippen LogP contribution in [0.3, 0.4) is 0 Å². The maximum Gasteiger partial charge on any atom is 0.232 e. The van der Waals surface area contributed by atoms with E-state index in [-0.39, 0.29) is 5.91 Å². The molecule has 5 heteroatoms. The summed E-state index contributed by atoms with van der Waals surface area (Å²) in [5.41, 5.74) is 0.941. The fraction of sp³-hybridized carbons (Fsp3) is 0.300. The molecule has 1 saturated heterocycles. The lowest BCUT2D eigenvalue weighted by Crippen LogP contribution is -2.43. The zero-order valence-electron chi connectivity index (χ0n) is 8.21. The maximum absolute atomic E-state index is 11.1. The van der Waals surface area contributed by atoms with Crippen LogP contribution in [0.15, 0.2) is 24.3 Å². The Morgan fingerprint density at radius 1 is 1.47 bits per heavy atom. The summed E-state index contributed by atoms with van der Waals surface area (Å²) in [4.78, 5) is 10.7. The predicted molar refractivity (Wildman–Crippen MR) is 64.1 cm³/mol. The van der Waals surface area contributed by atoms with E-state index in [1.807, 2.05) is 31.2 Å². The highest BCUT2D eigenvalue weighted by Crippen LogP contribution is 2.29. The van der Waals surface area contributed by atoms with E-state index in [1.165, 1.54) is 0 Å². The van der Waals surface area contributed by atoms with Crippen molar-refractivity contribution in [3.8, 4) is 0 Å². The SMILES string of the molecule is C[C@@]1(Nc2ccc(Cl)cc2)NC(=O)CS1. The van der Waals surface area contributed by atoms with E-state index in [2.05, 4.69) is 10.6 Å². The van der Waals surface area contributed by atoms with Crippen molar-refractivity contribution in [1.82, 2.24) is 5.32 Å². The number of hydrogen-bond donors (Lipinski definition) is 2. The molecule has 1 aliphatic heterocycles. The third-order valence-electron chi connectivity index (χ3n) is 2.10. The lowest BCUT2D eigenvalue weighted by Gasteiger charge is -2.25. The molecule has 0 aromatic heterocycles. The van der Waals surface area contributed by atoms with E-state index in [9.17, 15) is 4.79 Å². The fourth-order valence-electron chi connectivity index (χ4n) is 1.42. The van der Waals surface area contributed by atoms with Crippen LogP contribution in [0.4, 0.5) is 5.69 Å². The lowest BCUT2D eigenvalue weighted by molar-refractivity contribution is -0.118. The first-order chi connectivity index (χ1) is 7.07. The van der Waals surface area contributed by atoms with E-state index in [0.717, 1.165) is 5.69 Å². The van der Waals surface area contributed by atoms with Crippen molar-refractivity contribution in [1.29, 1.82) is 0 Å². The molecule has 1 aliphatic rings. The molecule has 0 radical (unpaired) electrons. The summed E-state index contributed by atoms with van der Waals surface area (Å²) in [5.74, 6) is 0.556. The number of carbonyl (C=O) groups excluding carboxylic acids is 1. The summed E-state index contributed by atoms with van der Waals surface area (Å²) in [7, 11) is 0. The lowest BCUT2D eigenvalue weighted by atomic mass is 10.3. The van der Waals surface area contributed by atoms with Gasteiger partial charge in [0.05, 0.1) is 5.75 Å². The number of rotatable bonds is 2.